The highest BCUT2D eigenvalue weighted by molar-refractivity contribution is 6.39. The van der Waals surface area contributed by atoms with E-state index in [0.29, 0.717) is 16.9 Å². The van der Waals surface area contributed by atoms with E-state index in [1.807, 2.05) is 30.1 Å². The molecule has 1 N–H and O–H groups in total. The number of imidazole rings is 1. The highest BCUT2D eigenvalue weighted by Crippen LogP contribution is 2.19. The minimum atomic E-state index is 0.256. The zero-order valence-corrected chi connectivity index (χ0v) is 10.2. The molecule has 2 aromatic rings. The van der Waals surface area contributed by atoms with Crippen molar-refractivity contribution in [3.63, 3.8) is 0 Å². The molecule has 0 aliphatic rings. The van der Waals surface area contributed by atoms with Gasteiger partial charge in [-0.05, 0) is 40.9 Å². The predicted molar refractivity (Wildman–Crippen MR) is 62.8 cm³/mol. The van der Waals surface area contributed by atoms with Crippen LogP contribution in [0.2, 0.25) is 10.3 Å². The van der Waals surface area contributed by atoms with Crippen LogP contribution in [0.1, 0.15) is 5.56 Å². The Morgan fingerprint density at radius 3 is 2.38 bits per heavy atom. The number of phenolic OH excluding ortho intramolecular Hbond substituents is 1. The lowest BCUT2D eigenvalue weighted by Gasteiger charge is -1.98. The summed E-state index contributed by atoms with van der Waals surface area (Å²) < 4.78 is 3.60. The second-order valence-corrected chi connectivity index (χ2v) is 4.32. The molecule has 0 bridgehead atoms. The average molecular weight is 258 g/mol. The molecule has 2 rings (SSSR count). The van der Waals surface area contributed by atoms with Gasteiger partial charge in [0, 0.05) is 0 Å². The highest BCUT2D eigenvalue weighted by Gasteiger charge is 2.17. The van der Waals surface area contributed by atoms with E-state index in [9.17, 15) is 0 Å². The van der Waals surface area contributed by atoms with E-state index in [-0.39, 0.29) is 5.75 Å². The first-order valence-electron chi connectivity index (χ1n) is 4.75. The quantitative estimate of drug-likeness (QED) is 0.823. The van der Waals surface area contributed by atoms with Crippen molar-refractivity contribution in [2.45, 2.75) is 6.54 Å². The number of phenols is 1. The summed E-state index contributed by atoms with van der Waals surface area (Å²) in [5.74, 6) is 0.256. The molecule has 5 heteroatoms. The van der Waals surface area contributed by atoms with Gasteiger partial charge in [0.05, 0.1) is 7.05 Å². The van der Waals surface area contributed by atoms with E-state index in [4.69, 9.17) is 28.3 Å². The smallest absolute Gasteiger partial charge is 0.255 e. The van der Waals surface area contributed by atoms with Crippen LogP contribution in [0.4, 0.5) is 0 Å². The number of halogens is 2. The summed E-state index contributed by atoms with van der Waals surface area (Å²) in [6.45, 7) is 0.625. The molecule has 1 aromatic heterocycles. The highest BCUT2D eigenvalue weighted by atomic mass is 35.5. The molecule has 0 saturated carbocycles. The van der Waals surface area contributed by atoms with Crippen molar-refractivity contribution in [3.8, 4) is 5.75 Å². The number of rotatable bonds is 2. The molecular formula is C11H11Cl2N2O+. The summed E-state index contributed by atoms with van der Waals surface area (Å²) in [5.41, 5.74) is 1.05. The lowest BCUT2D eigenvalue weighted by atomic mass is 10.2. The fourth-order valence-electron chi connectivity index (χ4n) is 1.48. The Balaban J connectivity index is 2.27. The topological polar surface area (TPSA) is 29.0 Å². The number of aromatic hydroxyl groups is 1. The Bertz CT molecular complexity index is 505. The molecule has 0 amide bonds. The van der Waals surface area contributed by atoms with Crippen LogP contribution in [-0.4, -0.2) is 9.67 Å². The lowest BCUT2D eigenvalue weighted by Crippen LogP contribution is -2.26. The molecule has 0 aliphatic heterocycles. The van der Waals surface area contributed by atoms with Crippen LogP contribution in [0.25, 0.3) is 0 Å². The van der Waals surface area contributed by atoms with E-state index in [0.717, 1.165) is 5.56 Å². The fraction of sp³-hybridized carbons (Fsp3) is 0.182. The van der Waals surface area contributed by atoms with E-state index < -0.39 is 0 Å². The van der Waals surface area contributed by atoms with Gasteiger partial charge in [-0.1, -0.05) is 12.1 Å². The van der Waals surface area contributed by atoms with Crippen molar-refractivity contribution in [2.75, 3.05) is 0 Å². The minimum absolute atomic E-state index is 0.256. The first kappa shape index (κ1) is 11.3. The zero-order chi connectivity index (χ0) is 11.7. The Morgan fingerprint density at radius 1 is 1.25 bits per heavy atom. The van der Waals surface area contributed by atoms with Crippen LogP contribution < -0.4 is 4.57 Å². The standard InChI is InChI=1S/C11H10Cl2N2O/c1-14-7-15(11(13)10(14)12)6-8-2-4-9(16)5-3-8/h2-5,7H,6H2,1H3/p+1. The first-order chi connectivity index (χ1) is 7.58. The number of benzene rings is 1. The van der Waals surface area contributed by atoms with Gasteiger partial charge in [-0.15, -0.1) is 0 Å². The van der Waals surface area contributed by atoms with E-state index in [1.54, 1.807) is 16.7 Å². The largest absolute Gasteiger partial charge is 0.508 e. The Morgan fingerprint density at radius 2 is 1.88 bits per heavy atom. The maximum absolute atomic E-state index is 9.17. The van der Waals surface area contributed by atoms with Gasteiger partial charge < -0.3 is 5.11 Å². The SMILES string of the molecule is C[n+]1cn(Cc2ccc(O)cc2)c(Cl)c1Cl. The van der Waals surface area contributed by atoms with Gasteiger partial charge in [-0.25, -0.2) is 9.13 Å². The Kier molecular flexibility index (Phi) is 3.08. The molecule has 1 aromatic carbocycles. The third-order valence-corrected chi connectivity index (χ3v) is 3.27. The van der Waals surface area contributed by atoms with E-state index in [1.165, 1.54) is 0 Å². The minimum Gasteiger partial charge on any atom is -0.508 e. The molecule has 0 saturated heterocycles. The van der Waals surface area contributed by atoms with Crippen molar-refractivity contribution >= 4 is 23.2 Å². The van der Waals surface area contributed by atoms with Crippen LogP contribution in [0.3, 0.4) is 0 Å². The van der Waals surface area contributed by atoms with Crippen molar-refractivity contribution in [3.05, 3.63) is 46.5 Å². The Labute approximate surface area is 103 Å². The predicted octanol–water partition coefficient (Wildman–Crippen LogP) is 2.37. The molecule has 3 nitrogen and oxygen atoms in total. The maximum Gasteiger partial charge on any atom is 0.255 e. The van der Waals surface area contributed by atoms with Crippen LogP contribution in [0.15, 0.2) is 30.6 Å². The van der Waals surface area contributed by atoms with Crippen LogP contribution >= 0.6 is 23.2 Å². The number of aromatic nitrogens is 2. The van der Waals surface area contributed by atoms with Crippen molar-refractivity contribution < 1.29 is 9.67 Å². The molecule has 0 fully saturated rings. The summed E-state index contributed by atoms with van der Waals surface area (Å²) in [6, 6.07) is 6.99. The number of hydrogen-bond donors (Lipinski definition) is 1. The molecule has 0 unspecified atom stereocenters. The molecule has 1 heterocycles. The fourth-order valence-corrected chi connectivity index (χ4v) is 1.87. The zero-order valence-electron chi connectivity index (χ0n) is 8.69. The monoisotopic (exact) mass is 257 g/mol. The molecular weight excluding hydrogens is 247 g/mol. The summed E-state index contributed by atoms with van der Waals surface area (Å²) in [5, 5.41) is 10.2. The molecule has 0 aliphatic carbocycles. The van der Waals surface area contributed by atoms with Crippen LogP contribution in [0, 0.1) is 0 Å². The van der Waals surface area contributed by atoms with Gasteiger partial charge in [0.15, 0.2) is 0 Å². The second kappa shape index (κ2) is 4.36. The van der Waals surface area contributed by atoms with Gasteiger partial charge in [0.2, 0.25) is 6.33 Å². The molecule has 16 heavy (non-hydrogen) atoms. The normalized spacial score (nSPS) is 10.7. The number of aryl methyl sites for hydroxylation is 1. The third kappa shape index (κ3) is 2.15. The van der Waals surface area contributed by atoms with Gasteiger partial charge in [-0.2, -0.15) is 0 Å². The Hall–Kier alpha value is -1.19. The molecule has 0 atom stereocenters. The average Bonchev–Trinajstić information content (AvgIpc) is 2.50. The van der Waals surface area contributed by atoms with Gasteiger partial charge in [0.25, 0.3) is 10.3 Å². The summed E-state index contributed by atoms with van der Waals surface area (Å²) in [4.78, 5) is 0. The van der Waals surface area contributed by atoms with Gasteiger partial charge >= 0.3 is 0 Å². The van der Waals surface area contributed by atoms with E-state index >= 15 is 0 Å². The van der Waals surface area contributed by atoms with Crippen LogP contribution in [-0.2, 0) is 13.6 Å². The third-order valence-electron chi connectivity index (χ3n) is 2.33. The second-order valence-electron chi connectivity index (χ2n) is 3.60. The van der Waals surface area contributed by atoms with Crippen molar-refractivity contribution in [1.29, 1.82) is 0 Å². The summed E-state index contributed by atoms with van der Waals surface area (Å²) in [7, 11) is 1.83. The van der Waals surface area contributed by atoms with Gasteiger partial charge in [0.1, 0.15) is 12.3 Å². The van der Waals surface area contributed by atoms with Crippen molar-refractivity contribution in [1.82, 2.24) is 4.57 Å². The molecule has 84 valence electrons. The van der Waals surface area contributed by atoms with Gasteiger partial charge in [-0.3, -0.25) is 0 Å². The summed E-state index contributed by atoms with van der Waals surface area (Å²) in [6.07, 6.45) is 1.83. The van der Waals surface area contributed by atoms with Crippen LogP contribution in [0.5, 0.6) is 5.75 Å². The maximum atomic E-state index is 9.17. The van der Waals surface area contributed by atoms with E-state index in [2.05, 4.69) is 0 Å². The van der Waals surface area contributed by atoms with Crippen molar-refractivity contribution in [2.24, 2.45) is 7.05 Å². The molecule has 0 spiro atoms. The number of hydrogen-bond acceptors (Lipinski definition) is 1. The lowest BCUT2D eigenvalue weighted by molar-refractivity contribution is -0.668. The summed E-state index contributed by atoms with van der Waals surface area (Å²) >= 11 is 12.0. The molecule has 0 radical (unpaired) electrons. The first-order valence-corrected chi connectivity index (χ1v) is 5.51. The number of nitrogens with zero attached hydrogens (tertiary/aromatic N) is 2.